The van der Waals surface area contributed by atoms with Crippen LogP contribution in [0.1, 0.15) is 42.8 Å². The van der Waals surface area contributed by atoms with E-state index in [4.69, 9.17) is 0 Å². The van der Waals surface area contributed by atoms with Crippen molar-refractivity contribution in [3.8, 4) is 0 Å². The predicted octanol–water partition coefficient (Wildman–Crippen LogP) is 1.34. The molecule has 29 heavy (non-hydrogen) atoms. The van der Waals surface area contributed by atoms with Crippen molar-refractivity contribution in [1.82, 2.24) is 29.9 Å². The van der Waals surface area contributed by atoms with Crippen LogP contribution < -0.4 is 5.32 Å². The van der Waals surface area contributed by atoms with Gasteiger partial charge in [-0.3, -0.25) is 14.3 Å². The first-order valence-electron chi connectivity index (χ1n) is 10.2. The molecule has 4 heterocycles. The van der Waals surface area contributed by atoms with E-state index in [0.717, 1.165) is 67.5 Å². The van der Waals surface area contributed by atoms with Gasteiger partial charge in [-0.1, -0.05) is 0 Å². The third kappa shape index (κ3) is 4.20. The van der Waals surface area contributed by atoms with E-state index in [2.05, 4.69) is 27.3 Å². The van der Waals surface area contributed by atoms with E-state index in [1.165, 1.54) is 11.3 Å². The monoisotopic (exact) mass is 416 g/mol. The van der Waals surface area contributed by atoms with E-state index in [0.29, 0.717) is 17.3 Å². The van der Waals surface area contributed by atoms with Gasteiger partial charge in [-0.05, 0) is 39.7 Å². The first kappa shape index (κ1) is 20.0. The summed E-state index contributed by atoms with van der Waals surface area (Å²) in [6.45, 7) is 8.48. The van der Waals surface area contributed by atoms with Gasteiger partial charge in [0.2, 0.25) is 0 Å². The molecule has 1 saturated heterocycles. The molecule has 156 valence electrons. The molecule has 0 saturated carbocycles. The lowest BCUT2D eigenvalue weighted by Gasteiger charge is -2.32. The Morgan fingerprint density at radius 1 is 1.21 bits per heavy atom. The van der Waals surface area contributed by atoms with Crippen LogP contribution in [0.25, 0.3) is 0 Å². The molecule has 0 spiro atoms. The highest BCUT2D eigenvalue weighted by molar-refractivity contribution is 7.13. The second-order valence-corrected chi connectivity index (χ2v) is 9.24. The zero-order valence-electron chi connectivity index (χ0n) is 17.3. The number of hydrogen-bond acceptors (Lipinski definition) is 6. The summed E-state index contributed by atoms with van der Waals surface area (Å²) < 4.78 is 1.96. The molecule has 1 N–H and O–H groups in total. The fourth-order valence-electron chi connectivity index (χ4n) is 4.09. The van der Waals surface area contributed by atoms with E-state index in [1.807, 2.05) is 23.4 Å². The summed E-state index contributed by atoms with van der Waals surface area (Å²) in [6, 6.07) is 0. The van der Waals surface area contributed by atoms with E-state index in [1.54, 1.807) is 6.20 Å². The summed E-state index contributed by atoms with van der Waals surface area (Å²) in [5.41, 5.74) is 2.51. The zero-order valence-corrected chi connectivity index (χ0v) is 18.1. The molecule has 1 atom stereocenters. The van der Waals surface area contributed by atoms with Crippen LogP contribution >= 0.6 is 11.3 Å². The highest BCUT2D eigenvalue weighted by Crippen LogP contribution is 2.24. The van der Waals surface area contributed by atoms with Gasteiger partial charge in [-0.2, -0.15) is 5.10 Å². The molecule has 0 aliphatic carbocycles. The lowest BCUT2D eigenvalue weighted by molar-refractivity contribution is 0.0661. The van der Waals surface area contributed by atoms with Crippen molar-refractivity contribution in [3.63, 3.8) is 0 Å². The number of fused-ring (bicyclic) bond motifs is 1. The van der Waals surface area contributed by atoms with Crippen LogP contribution in [-0.4, -0.2) is 76.2 Å². The van der Waals surface area contributed by atoms with Crippen LogP contribution in [0, 0.1) is 19.8 Å². The van der Waals surface area contributed by atoms with E-state index < -0.39 is 0 Å². The first-order valence-corrected chi connectivity index (χ1v) is 11.0. The van der Waals surface area contributed by atoms with E-state index >= 15 is 0 Å². The number of thiazole rings is 1. The van der Waals surface area contributed by atoms with Crippen LogP contribution in [-0.2, 0) is 13.0 Å². The Morgan fingerprint density at radius 2 is 1.97 bits per heavy atom. The smallest absolute Gasteiger partial charge is 0.263 e. The van der Waals surface area contributed by atoms with Gasteiger partial charge in [-0.25, -0.2) is 4.98 Å². The van der Waals surface area contributed by atoms with Crippen molar-refractivity contribution in [2.75, 3.05) is 39.8 Å². The fourth-order valence-corrected chi connectivity index (χ4v) is 4.93. The largest absolute Gasteiger partial charge is 0.351 e. The molecule has 2 amide bonds. The van der Waals surface area contributed by atoms with Crippen LogP contribution in [0.5, 0.6) is 0 Å². The van der Waals surface area contributed by atoms with Crippen LogP contribution in [0.4, 0.5) is 0 Å². The summed E-state index contributed by atoms with van der Waals surface area (Å²) in [7, 11) is 2.08. The molecular formula is C20H28N6O2S. The second-order valence-electron chi connectivity index (χ2n) is 8.04. The van der Waals surface area contributed by atoms with Crippen LogP contribution in [0.3, 0.4) is 0 Å². The number of amides is 2. The summed E-state index contributed by atoms with van der Waals surface area (Å²) >= 11 is 1.43. The van der Waals surface area contributed by atoms with Crippen molar-refractivity contribution in [3.05, 3.63) is 33.0 Å². The first-order chi connectivity index (χ1) is 13.9. The third-order valence-electron chi connectivity index (χ3n) is 5.86. The number of carbonyl (C=O) groups is 2. The minimum absolute atomic E-state index is 0.0547. The fraction of sp³-hybridized carbons (Fsp3) is 0.600. The van der Waals surface area contributed by atoms with Crippen LogP contribution in [0.2, 0.25) is 0 Å². The lowest BCUT2D eigenvalue weighted by atomic mass is 9.94. The topological polar surface area (TPSA) is 83.4 Å². The molecule has 0 radical (unpaired) electrons. The highest BCUT2D eigenvalue weighted by Gasteiger charge is 2.29. The van der Waals surface area contributed by atoms with Crippen molar-refractivity contribution >= 4 is 23.2 Å². The molecular weight excluding hydrogens is 388 g/mol. The van der Waals surface area contributed by atoms with Gasteiger partial charge in [0.1, 0.15) is 4.88 Å². The van der Waals surface area contributed by atoms with Crippen molar-refractivity contribution in [2.45, 2.75) is 33.2 Å². The van der Waals surface area contributed by atoms with Gasteiger partial charge in [-0.15, -0.1) is 11.3 Å². The molecule has 1 fully saturated rings. The Morgan fingerprint density at radius 3 is 2.66 bits per heavy atom. The number of nitrogens with zero attached hydrogens (tertiary/aromatic N) is 5. The highest BCUT2D eigenvalue weighted by atomic mass is 32.1. The van der Waals surface area contributed by atoms with Gasteiger partial charge < -0.3 is 15.1 Å². The maximum Gasteiger partial charge on any atom is 0.263 e. The standard InChI is InChI=1S/C20H28N6O2S/c1-13-18(29-14(2)23-13)19(27)21-11-15-4-5-26-17(10-15)16(12-22-26)20(28)25-8-6-24(3)7-9-25/h12,15H,4-11H2,1-3H3,(H,21,27)/t15-/m0/s1. The zero-order chi connectivity index (χ0) is 20.5. The summed E-state index contributed by atoms with van der Waals surface area (Å²) in [5.74, 6) is 0.331. The third-order valence-corrected chi connectivity index (χ3v) is 6.93. The Bertz CT molecular complexity index is 912. The number of likely N-dealkylation sites (N-methyl/N-ethyl adjacent to an activating group) is 1. The molecule has 2 aliphatic heterocycles. The van der Waals surface area contributed by atoms with Crippen LogP contribution in [0.15, 0.2) is 6.20 Å². The minimum atomic E-state index is -0.0547. The lowest BCUT2D eigenvalue weighted by Crippen LogP contribution is -2.47. The second kappa shape index (κ2) is 8.23. The number of piperazine rings is 1. The Labute approximate surface area is 174 Å². The predicted molar refractivity (Wildman–Crippen MR) is 111 cm³/mol. The van der Waals surface area contributed by atoms with Gasteiger partial charge >= 0.3 is 0 Å². The number of carbonyl (C=O) groups excluding carboxylic acids is 2. The SMILES string of the molecule is Cc1nc(C)c(C(=O)NC[C@H]2CCn3ncc(C(=O)N4CCN(C)CC4)c3C2)s1. The van der Waals surface area contributed by atoms with E-state index in [9.17, 15) is 9.59 Å². The summed E-state index contributed by atoms with van der Waals surface area (Å²) in [4.78, 5) is 34.7. The molecule has 8 nitrogen and oxygen atoms in total. The molecule has 0 aromatic carbocycles. The number of aromatic nitrogens is 3. The molecule has 4 rings (SSSR count). The Kier molecular flexibility index (Phi) is 5.69. The molecule has 2 aromatic heterocycles. The van der Waals surface area contributed by atoms with Crippen molar-refractivity contribution < 1.29 is 9.59 Å². The van der Waals surface area contributed by atoms with E-state index in [-0.39, 0.29) is 11.8 Å². The number of rotatable bonds is 4. The molecule has 2 aliphatic rings. The summed E-state index contributed by atoms with van der Waals surface area (Å²) in [5, 5.41) is 8.41. The molecule has 9 heteroatoms. The maximum absolute atomic E-state index is 13.0. The van der Waals surface area contributed by atoms with Gasteiger partial charge in [0.05, 0.1) is 28.2 Å². The quantitative estimate of drug-likeness (QED) is 0.813. The summed E-state index contributed by atoms with van der Waals surface area (Å²) in [6.07, 6.45) is 3.42. The van der Waals surface area contributed by atoms with Gasteiger partial charge in [0, 0.05) is 39.3 Å². The van der Waals surface area contributed by atoms with Crippen molar-refractivity contribution in [2.24, 2.45) is 5.92 Å². The molecule has 2 aromatic rings. The molecule has 0 unspecified atom stereocenters. The van der Waals surface area contributed by atoms with Gasteiger partial charge in [0.25, 0.3) is 11.8 Å². The number of hydrogen-bond donors (Lipinski definition) is 1. The average molecular weight is 417 g/mol. The minimum Gasteiger partial charge on any atom is -0.351 e. The number of nitrogens with one attached hydrogen (secondary N) is 1. The average Bonchev–Trinajstić information content (AvgIpc) is 3.28. The normalized spacial score (nSPS) is 19.8. The Balaban J connectivity index is 1.39. The maximum atomic E-state index is 13.0. The van der Waals surface area contributed by atoms with Gasteiger partial charge in [0.15, 0.2) is 0 Å². The molecule has 0 bridgehead atoms. The van der Waals surface area contributed by atoms with Crippen molar-refractivity contribution in [1.29, 1.82) is 0 Å². The Hall–Kier alpha value is -2.26. The number of aryl methyl sites for hydroxylation is 3.